The van der Waals surface area contributed by atoms with Crippen LogP contribution < -0.4 is 5.32 Å². The van der Waals surface area contributed by atoms with Gasteiger partial charge >= 0.3 is 5.97 Å². The number of benzene rings is 2. The molecule has 126 valence electrons. The number of hydrogen-bond donors (Lipinski definition) is 1. The molecule has 1 atom stereocenters. The summed E-state index contributed by atoms with van der Waals surface area (Å²) in [6, 6.07) is 10.4. The fourth-order valence-corrected chi connectivity index (χ4v) is 2.33. The minimum atomic E-state index is -1.04. The molecule has 1 amide bonds. The molecule has 0 aromatic heterocycles. The van der Waals surface area contributed by atoms with Crippen LogP contribution in [0, 0.1) is 5.82 Å². The summed E-state index contributed by atoms with van der Waals surface area (Å²) in [7, 11) is 0. The highest BCUT2D eigenvalue weighted by Crippen LogP contribution is 2.22. The number of carbonyl (C=O) groups is 2. The van der Waals surface area contributed by atoms with Crippen LogP contribution >= 0.6 is 23.2 Å². The fourth-order valence-electron chi connectivity index (χ4n) is 1.91. The molecule has 2 rings (SSSR count). The third-order valence-corrected chi connectivity index (χ3v) is 3.84. The van der Waals surface area contributed by atoms with Gasteiger partial charge in [-0.3, -0.25) is 9.59 Å². The summed E-state index contributed by atoms with van der Waals surface area (Å²) >= 11 is 11.8. The van der Waals surface area contributed by atoms with Gasteiger partial charge in [0.1, 0.15) is 5.82 Å². The number of anilines is 1. The molecule has 0 unspecified atom stereocenters. The molecular weight excluding hydrogens is 356 g/mol. The van der Waals surface area contributed by atoms with Gasteiger partial charge in [0, 0.05) is 5.02 Å². The van der Waals surface area contributed by atoms with Crippen LogP contribution in [-0.4, -0.2) is 18.0 Å². The molecule has 0 radical (unpaired) electrons. The van der Waals surface area contributed by atoms with Crippen molar-refractivity contribution < 1.29 is 18.7 Å². The molecule has 0 aliphatic rings. The van der Waals surface area contributed by atoms with Crippen LogP contribution in [-0.2, 0) is 20.7 Å². The zero-order chi connectivity index (χ0) is 17.7. The van der Waals surface area contributed by atoms with Gasteiger partial charge in [-0.2, -0.15) is 0 Å². The Balaban J connectivity index is 1.93. The summed E-state index contributed by atoms with van der Waals surface area (Å²) in [4.78, 5) is 23.9. The summed E-state index contributed by atoms with van der Waals surface area (Å²) in [5, 5.41) is 2.98. The molecule has 0 bridgehead atoms. The lowest BCUT2D eigenvalue weighted by molar-refractivity contribution is -0.152. The third-order valence-electron chi connectivity index (χ3n) is 3.16. The topological polar surface area (TPSA) is 55.4 Å². The first-order chi connectivity index (χ1) is 11.4. The minimum absolute atomic E-state index is 0.0470. The van der Waals surface area contributed by atoms with Crippen LogP contribution in [0.4, 0.5) is 10.1 Å². The van der Waals surface area contributed by atoms with Crippen molar-refractivity contribution in [3.05, 3.63) is 63.9 Å². The summed E-state index contributed by atoms with van der Waals surface area (Å²) in [6.07, 6.45) is -1.09. The van der Waals surface area contributed by atoms with Gasteiger partial charge in [-0.25, -0.2) is 4.39 Å². The van der Waals surface area contributed by atoms with E-state index in [-0.39, 0.29) is 17.1 Å². The van der Waals surface area contributed by atoms with E-state index in [0.717, 1.165) is 12.1 Å². The van der Waals surface area contributed by atoms with Crippen LogP contribution in [0.3, 0.4) is 0 Å². The van der Waals surface area contributed by atoms with Gasteiger partial charge in [-0.15, -0.1) is 0 Å². The predicted molar refractivity (Wildman–Crippen MR) is 90.7 cm³/mol. The lowest BCUT2D eigenvalue weighted by Crippen LogP contribution is -2.30. The van der Waals surface area contributed by atoms with Crippen LogP contribution in [0.1, 0.15) is 12.5 Å². The van der Waals surface area contributed by atoms with Crippen LogP contribution in [0.5, 0.6) is 0 Å². The third kappa shape index (κ3) is 4.94. The standard InChI is InChI=1S/C17H14Cl2FNO3/c1-10(17(23)21-15-7-6-12(20)9-14(15)19)24-16(22)8-11-4-2-3-5-13(11)18/h2-7,9-10H,8H2,1H3,(H,21,23)/t10-/m1/s1. The van der Waals surface area contributed by atoms with Gasteiger partial charge in [0.2, 0.25) is 0 Å². The highest BCUT2D eigenvalue weighted by molar-refractivity contribution is 6.33. The molecule has 0 spiro atoms. The average molecular weight is 370 g/mol. The van der Waals surface area contributed by atoms with E-state index in [1.165, 1.54) is 13.0 Å². The van der Waals surface area contributed by atoms with E-state index >= 15 is 0 Å². The molecule has 0 aliphatic carbocycles. The van der Waals surface area contributed by atoms with E-state index in [1.807, 2.05) is 0 Å². The zero-order valence-corrected chi connectivity index (χ0v) is 14.2. The van der Waals surface area contributed by atoms with E-state index in [9.17, 15) is 14.0 Å². The van der Waals surface area contributed by atoms with Gasteiger partial charge in [0.25, 0.3) is 5.91 Å². The molecular formula is C17H14Cl2FNO3. The van der Waals surface area contributed by atoms with Crippen molar-refractivity contribution in [1.82, 2.24) is 0 Å². The Kier molecular flexibility index (Phi) is 6.17. The number of rotatable bonds is 5. The first-order valence-corrected chi connectivity index (χ1v) is 7.81. The van der Waals surface area contributed by atoms with E-state index in [0.29, 0.717) is 10.6 Å². The van der Waals surface area contributed by atoms with Crippen molar-refractivity contribution in [3.63, 3.8) is 0 Å². The Hall–Kier alpha value is -2.11. The van der Waals surface area contributed by atoms with Crippen LogP contribution in [0.25, 0.3) is 0 Å². The minimum Gasteiger partial charge on any atom is -0.452 e. The monoisotopic (exact) mass is 369 g/mol. The van der Waals surface area contributed by atoms with Crippen molar-refractivity contribution in [2.75, 3.05) is 5.32 Å². The number of hydrogen-bond acceptors (Lipinski definition) is 3. The quantitative estimate of drug-likeness (QED) is 0.801. The molecule has 2 aromatic carbocycles. The van der Waals surface area contributed by atoms with E-state index in [1.54, 1.807) is 24.3 Å². The molecule has 0 heterocycles. The second-order valence-electron chi connectivity index (χ2n) is 5.01. The SMILES string of the molecule is C[C@@H](OC(=O)Cc1ccccc1Cl)C(=O)Nc1ccc(F)cc1Cl. The first-order valence-electron chi connectivity index (χ1n) is 7.05. The van der Waals surface area contributed by atoms with Crippen molar-refractivity contribution in [2.45, 2.75) is 19.4 Å². The number of esters is 1. The molecule has 0 fully saturated rings. The van der Waals surface area contributed by atoms with Gasteiger partial charge in [0.05, 0.1) is 17.1 Å². The van der Waals surface area contributed by atoms with Crippen molar-refractivity contribution in [2.24, 2.45) is 0 Å². The van der Waals surface area contributed by atoms with Crippen LogP contribution in [0.2, 0.25) is 10.0 Å². The summed E-state index contributed by atoms with van der Waals surface area (Å²) in [5.41, 5.74) is 0.843. The lowest BCUT2D eigenvalue weighted by Gasteiger charge is -2.14. The van der Waals surface area contributed by atoms with Gasteiger partial charge in [0.15, 0.2) is 6.10 Å². The Bertz CT molecular complexity index is 767. The molecule has 0 saturated carbocycles. The predicted octanol–water partition coefficient (Wildman–Crippen LogP) is 4.25. The maximum atomic E-state index is 13.0. The molecule has 24 heavy (non-hydrogen) atoms. The number of ether oxygens (including phenoxy) is 1. The Morgan fingerprint density at radius 3 is 2.54 bits per heavy atom. The Morgan fingerprint density at radius 2 is 1.88 bits per heavy atom. The fraction of sp³-hybridized carbons (Fsp3) is 0.176. The summed E-state index contributed by atoms with van der Waals surface area (Å²) in [5.74, 6) is -1.68. The summed E-state index contributed by atoms with van der Waals surface area (Å²) in [6.45, 7) is 1.43. The van der Waals surface area contributed by atoms with Crippen molar-refractivity contribution >= 4 is 40.8 Å². The highest BCUT2D eigenvalue weighted by atomic mass is 35.5. The molecule has 2 aromatic rings. The molecule has 1 N–H and O–H groups in total. The Labute approximate surface area is 148 Å². The van der Waals surface area contributed by atoms with Crippen LogP contribution in [0.15, 0.2) is 42.5 Å². The van der Waals surface area contributed by atoms with Crippen molar-refractivity contribution in [3.8, 4) is 0 Å². The summed E-state index contributed by atoms with van der Waals surface area (Å²) < 4.78 is 18.1. The highest BCUT2D eigenvalue weighted by Gasteiger charge is 2.19. The lowest BCUT2D eigenvalue weighted by atomic mass is 10.1. The van der Waals surface area contributed by atoms with Crippen molar-refractivity contribution in [1.29, 1.82) is 0 Å². The molecule has 7 heteroatoms. The second kappa shape index (κ2) is 8.13. The second-order valence-corrected chi connectivity index (χ2v) is 5.83. The van der Waals surface area contributed by atoms with E-state index in [2.05, 4.69) is 5.32 Å². The normalized spacial score (nSPS) is 11.7. The molecule has 4 nitrogen and oxygen atoms in total. The van der Waals surface area contributed by atoms with Gasteiger partial charge in [-0.05, 0) is 36.8 Å². The number of nitrogens with one attached hydrogen (secondary N) is 1. The average Bonchev–Trinajstić information content (AvgIpc) is 2.52. The van der Waals surface area contributed by atoms with Gasteiger partial charge in [-0.1, -0.05) is 41.4 Å². The van der Waals surface area contributed by atoms with E-state index < -0.39 is 23.8 Å². The molecule has 0 aliphatic heterocycles. The molecule has 0 saturated heterocycles. The smallest absolute Gasteiger partial charge is 0.311 e. The number of amides is 1. The maximum Gasteiger partial charge on any atom is 0.311 e. The maximum absolute atomic E-state index is 13.0. The van der Waals surface area contributed by atoms with Gasteiger partial charge < -0.3 is 10.1 Å². The zero-order valence-electron chi connectivity index (χ0n) is 12.7. The number of halogens is 3. The Morgan fingerprint density at radius 1 is 1.17 bits per heavy atom. The number of carbonyl (C=O) groups excluding carboxylic acids is 2. The van der Waals surface area contributed by atoms with E-state index in [4.69, 9.17) is 27.9 Å². The first kappa shape index (κ1) is 18.2. The largest absolute Gasteiger partial charge is 0.452 e.